The molecule has 0 unspecified atom stereocenters. The zero-order valence-electron chi connectivity index (χ0n) is 15.4. The van der Waals surface area contributed by atoms with Crippen molar-refractivity contribution in [1.82, 2.24) is 0 Å². The van der Waals surface area contributed by atoms with Gasteiger partial charge in [0.15, 0.2) is 0 Å². The molecule has 1 heterocycles. The van der Waals surface area contributed by atoms with Gasteiger partial charge in [0.05, 0.1) is 18.0 Å². The molecular weight excluding hydrogens is 304 g/mol. The summed E-state index contributed by atoms with van der Waals surface area (Å²) in [4.78, 5) is 4.77. The molecule has 0 radical (unpaired) electrons. The summed E-state index contributed by atoms with van der Waals surface area (Å²) in [5.41, 5.74) is 10.6. The standard InChI is InChI=1S/C23H24N2/c1-16-14-17(2)23(18(3)22(16)19-10-6-5-7-11-19)25-15-24(4)20-12-8-9-13-21(20)25/h5-14H,15H2,1-4H3. The number of aryl methyl sites for hydroxylation is 2. The molecule has 3 aromatic carbocycles. The van der Waals surface area contributed by atoms with Gasteiger partial charge in [-0.05, 0) is 60.7 Å². The average molecular weight is 328 g/mol. The highest BCUT2D eigenvalue weighted by atomic mass is 15.4. The third-order valence-electron chi connectivity index (χ3n) is 5.20. The molecule has 0 aliphatic carbocycles. The summed E-state index contributed by atoms with van der Waals surface area (Å²) >= 11 is 0. The molecule has 0 N–H and O–H groups in total. The van der Waals surface area contributed by atoms with Crippen LogP contribution in [-0.4, -0.2) is 13.7 Å². The number of para-hydroxylation sites is 2. The number of nitrogens with zero attached hydrogens (tertiary/aromatic N) is 2. The highest BCUT2D eigenvalue weighted by Crippen LogP contribution is 2.44. The number of anilines is 3. The van der Waals surface area contributed by atoms with Crippen LogP contribution in [-0.2, 0) is 0 Å². The molecule has 1 aliphatic rings. The lowest BCUT2D eigenvalue weighted by molar-refractivity contribution is 0.941. The second-order valence-electron chi connectivity index (χ2n) is 6.98. The van der Waals surface area contributed by atoms with E-state index in [0.29, 0.717) is 0 Å². The lowest BCUT2D eigenvalue weighted by atomic mass is 9.91. The molecule has 2 heteroatoms. The third kappa shape index (κ3) is 2.49. The maximum absolute atomic E-state index is 2.45. The molecular formula is C23H24N2. The Morgan fingerprint density at radius 1 is 0.760 bits per heavy atom. The van der Waals surface area contributed by atoms with E-state index in [1.54, 1.807) is 0 Å². The number of benzene rings is 3. The van der Waals surface area contributed by atoms with Crippen LogP contribution in [0.4, 0.5) is 17.1 Å². The molecule has 2 nitrogen and oxygen atoms in total. The van der Waals surface area contributed by atoms with Crippen LogP contribution < -0.4 is 9.80 Å². The second kappa shape index (κ2) is 5.96. The largest absolute Gasteiger partial charge is 0.355 e. The second-order valence-corrected chi connectivity index (χ2v) is 6.98. The van der Waals surface area contributed by atoms with Crippen LogP contribution in [0.5, 0.6) is 0 Å². The van der Waals surface area contributed by atoms with Crippen molar-refractivity contribution in [2.75, 3.05) is 23.5 Å². The Morgan fingerprint density at radius 3 is 2.12 bits per heavy atom. The van der Waals surface area contributed by atoms with E-state index in [9.17, 15) is 0 Å². The zero-order valence-corrected chi connectivity index (χ0v) is 15.4. The van der Waals surface area contributed by atoms with Gasteiger partial charge in [-0.25, -0.2) is 0 Å². The highest BCUT2D eigenvalue weighted by molar-refractivity contribution is 5.88. The molecule has 0 bridgehead atoms. The first-order valence-electron chi connectivity index (χ1n) is 8.82. The van der Waals surface area contributed by atoms with Gasteiger partial charge in [-0.2, -0.15) is 0 Å². The number of fused-ring (bicyclic) bond motifs is 1. The van der Waals surface area contributed by atoms with Gasteiger partial charge >= 0.3 is 0 Å². The maximum Gasteiger partial charge on any atom is 0.0950 e. The average Bonchev–Trinajstić information content (AvgIpc) is 2.93. The van der Waals surface area contributed by atoms with Gasteiger partial charge in [-0.3, -0.25) is 0 Å². The van der Waals surface area contributed by atoms with E-state index in [1.165, 1.54) is 44.9 Å². The molecule has 4 rings (SSSR count). The predicted molar refractivity (Wildman–Crippen MR) is 108 cm³/mol. The Bertz CT molecular complexity index is 928. The fourth-order valence-corrected chi connectivity index (χ4v) is 4.21. The van der Waals surface area contributed by atoms with Crippen LogP contribution in [0.25, 0.3) is 11.1 Å². The Labute approximate surface area is 150 Å². The molecule has 0 amide bonds. The van der Waals surface area contributed by atoms with Crippen LogP contribution in [0.3, 0.4) is 0 Å². The molecule has 0 fully saturated rings. The Balaban J connectivity index is 1.93. The Kier molecular flexibility index (Phi) is 3.76. The first-order chi connectivity index (χ1) is 12.1. The van der Waals surface area contributed by atoms with Crippen LogP contribution >= 0.6 is 0 Å². The summed E-state index contributed by atoms with van der Waals surface area (Å²) in [6.45, 7) is 7.60. The molecule has 25 heavy (non-hydrogen) atoms. The first kappa shape index (κ1) is 15.8. The molecule has 0 atom stereocenters. The lowest BCUT2D eigenvalue weighted by Crippen LogP contribution is -2.25. The van der Waals surface area contributed by atoms with E-state index in [-0.39, 0.29) is 0 Å². The van der Waals surface area contributed by atoms with Gasteiger partial charge in [-0.1, -0.05) is 48.5 Å². The summed E-state index contributed by atoms with van der Waals surface area (Å²) in [7, 11) is 2.16. The molecule has 3 aromatic rings. The van der Waals surface area contributed by atoms with Crippen molar-refractivity contribution >= 4 is 17.1 Å². The zero-order chi connectivity index (χ0) is 17.6. The van der Waals surface area contributed by atoms with Crippen molar-refractivity contribution in [3.8, 4) is 11.1 Å². The number of hydrogen-bond acceptors (Lipinski definition) is 2. The summed E-state index contributed by atoms with van der Waals surface area (Å²) < 4.78 is 0. The van der Waals surface area contributed by atoms with E-state index in [0.717, 1.165) is 6.67 Å². The monoisotopic (exact) mass is 328 g/mol. The fraction of sp³-hybridized carbons (Fsp3) is 0.217. The molecule has 0 saturated heterocycles. The predicted octanol–water partition coefficient (Wildman–Crippen LogP) is 5.82. The normalized spacial score (nSPS) is 13.3. The van der Waals surface area contributed by atoms with E-state index >= 15 is 0 Å². The maximum atomic E-state index is 2.45. The van der Waals surface area contributed by atoms with E-state index in [4.69, 9.17) is 0 Å². The fourth-order valence-electron chi connectivity index (χ4n) is 4.21. The Morgan fingerprint density at radius 2 is 1.40 bits per heavy atom. The van der Waals surface area contributed by atoms with Gasteiger partial charge in [0.2, 0.25) is 0 Å². The lowest BCUT2D eigenvalue weighted by Gasteiger charge is -2.26. The smallest absolute Gasteiger partial charge is 0.0950 e. The third-order valence-corrected chi connectivity index (χ3v) is 5.20. The molecule has 1 aliphatic heterocycles. The summed E-state index contributed by atoms with van der Waals surface area (Å²) in [5.74, 6) is 0. The van der Waals surface area contributed by atoms with Crippen molar-refractivity contribution in [1.29, 1.82) is 0 Å². The van der Waals surface area contributed by atoms with Gasteiger partial charge in [-0.15, -0.1) is 0 Å². The van der Waals surface area contributed by atoms with Crippen LogP contribution in [0.2, 0.25) is 0 Å². The van der Waals surface area contributed by atoms with Crippen molar-refractivity contribution in [3.05, 3.63) is 77.4 Å². The van der Waals surface area contributed by atoms with Gasteiger partial charge in [0.1, 0.15) is 0 Å². The van der Waals surface area contributed by atoms with E-state index < -0.39 is 0 Å². The van der Waals surface area contributed by atoms with Crippen molar-refractivity contribution in [3.63, 3.8) is 0 Å². The number of rotatable bonds is 2. The summed E-state index contributed by atoms with van der Waals surface area (Å²) in [6, 6.07) is 21.7. The van der Waals surface area contributed by atoms with Crippen molar-refractivity contribution in [2.45, 2.75) is 20.8 Å². The quantitative estimate of drug-likeness (QED) is 0.584. The van der Waals surface area contributed by atoms with E-state index in [1.807, 2.05) is 0 Å². The van der Waals surface area contributed by atoms with Crippen molar-refractivity contribution in [2.24, 2.45) is 0 Å². The van der Waals surface area contributed by atoms with Crippen LogP contribution in [0, 0.1) is 20.8 Å². The summed E-state index contributed by atoms with van der Waals surface area (Å²) in [5, 5.41) is 0. The molecule has 0 spiro atoms. The van der Waals surface area contributed by atoms with Gasteiger partial charge < -0.3 is 9.80 Å². The number of hydrogen-bond donors (Lipinski definition) is 0. The van der Waals surface area contributed by atoms with E-state index in [2.05, 4.69) is 98.3 Å². The molecule has 0 aromatic heterocycles. The molecule has 126 valence electrons. The van der Waals surface area contributed by atoms with Crippen LogP contribution in [0.1, 0.15) is 16.7 Å². The van der Waals surface area contributed by atoms with Crippen LogP contribution in [0.15, 0.2) is 60.7 Å². The minimum atomic E-state index is 0.887. The SMILES string of the molecule is Cc1cc(C)c(N2CN(C)c3ccccc32)c(C)c1-c1ccccc1. The summed E-state index contributed by atoms with van der Waals surface area (Å²) in [6.07, 6.45) is 0. The van der Waals surface area contributed by atoms with Gasteiger partial charge in [0.25, 0.3) is 0 Å². The van der Waals surface area contributed by atoms with Crippen molar-refractivity contribution < 1.29 is 0 Å². The first-order valence-corrected chi connectivity index (χ1v) is 8.82. The highest BCUT2D eigenvalue weighted by Gasteiger charge is 2.27. The molecule has 0 saturated carbocycles. The minimum Gasteiger partial charge on any atom is -0.355 e. The minimum absolute atomic E-state index is 0.887. The topological polar surface area (TPSA) is 6.48 Å². The van der Waals surface area contributed by atoms with Gasteiger partial charge in [0, 0.05) is 12.7 Å². The Hall–Kier alpha value is -2.74.